The van der Waals surface area contributed by atoms with Crippen LogP contribution in [0.2, 0.25) is 0 Å². The van der Waals surface area contributed by atoms with Crippen molar-refractivity contribution in [3.63, 3.8) is 0 Å². The highest BCUT2D eigenvalue weighted by atomic mass is 31.1. The van der Waals surface area contributed by atoms with Crippen LogP contribution in [0.4, 0.5) is 0 Å². The van der Waals surface area contributed by atoms with Gasteiger partial charge in [0.15, 0.2) is 0 Å². The third-order valence-corrected chi connectivity index (χ3v) is 15.1. The number of nitrogens with zero attached hydrogens (tertiary/aromatic N) is 1. The Bertz CT molecular complexity index is 1260. The van der Waals surface area contributed by atoms with Crippen LogP contribution in [0.3, 0.4) is 0 Å². The Morgan fingerprint density at radius 1 is 0.488 bits per heavy atom. The lowest BCUT2D eigenvalue weighted by Crippen LogP contribution is -2.33. The van der Waals surface area contributed by atoms with Crippen molar-refractivity contribution in [3.05, 3.63) is 126 Å². The zero-order valence-corrected chi connectivity index (χ0v) is 26.2. The first kappa shape index (κ1) is 28.8. The Morgan fingerprint density at radius 3 is 1.49 bits per heavy atom. The Labute approximate surface area is 251 Å². The predicted octanol–water partition coefficient (Wildman–Crippen LogP) is 9.51. The third-order valence-electron chi connectivity index (χ3n) is 9.05. The zero-order valence-electron chi connectivity index (χ0n) is 24.5. The second-order valence-corrected chi connectivity index (χ2v) is 16.9. The molecule has 0 amide bonds. The average Bonchev–Trinajstić information content (AvgIpc) is 3.05. The van der Waals surface area contributed by atoms with Gasteiger partial charge in [-0.3, -0.25) is 4.67 Å². The number of hydrogen-bond donors (Lipinski definition) is 0. The quantitative estimate of drug-likeness (QED) is 0.170. The summed E-state index contributed by atoms with van der Waals surface area (Å²) < 4.78 is 3.01. The van der Waals surface area contributed by atoms with E-state index in [9.17, 15) is 0 Å². The molecule has 0 aromatic heterocycles. The highest BCUT2D eigenvalue weighted by Gasteiger charge is 2.36. The van der Waals surface area contributed by atoms with Crippen molar-refractivity contribution in [2.75, 3.05) is 0 Å². The molecule has 0 aliphatic heterocycles. The van der Waals surface area contributed by atoms with Crippen LogP contribution in [0.1, 0.15) is 75.3 Å². The molecule has 0 N–H and O–H groups in total. The first-order chi connectivity index (χ1) is 20.4. The van der Waals surface area contributed by atoms with E-state index in [4.69, 9.17) is 0 Å². The monoisotopic (exact) mass is 577 g/mol. The van der Waals surface area contributed by atoms with Gasteiger partial charge in [0.1, 0.15) is 0 Å². The van der Waals surface area contributed by atoms with Crippen molar-refractivity contribution in [1.29, 1.82) is 0 Å². The van der Waals surface area contributed by atoms with Gasteiger partial charge < -0.3 is 0 Å². The summed E-state index contributed by atoms with van der Waals surface area (Å²) in [7, 11) is -0.832. The molecule has 0 atom stereocenters. The van der Waals surface area contributed by atoms with E-state index in [1.165, 1.54) is 91.2 Å². The maximum atomic E-state index is 3.01. The molecule has 3 heteroatoms. The standard InChI is InChI=1S/C38H45NP2/c1-6-18-32(19-7-1)30-39(41(36-25-12-4-13-26-36)37-27-14-5-15-28-37)31-33-20-16-17-29-38(33)40(34-21-8-2-9-22-34)35-23-10-3-11-24-35/h1-3,6-11,16-24,29,36-37H,4-5,12-15,25-28,30-31H2. The zero-order chi connectivity index (χ0) is 27.7. The molecule has 4 aromatic rings. The Kier molecular flexibility index (Phi) is 10.4. The summed E-state index contributed by atoms with van der Waals surface area (Å²) in [6, 6.07) is 43.3. The number of rotatable bonds is 10. The molecule has 4 aromatic carbocycles. The highest BCUT2D eigenvalue weighted by Crippen LogP contribution is 2.59. The second kappa shape index (κ2) is 14.7. The molecule has 1 nitrogen and oxygen atoms in total. The molecule has 41 heavy (non-hydrogen) atoms. The Balaban J connectivity index is 1.41. The molecule has 0 spiro atoms. The van der Waals surface area contributed by atoms with E-state index in [1.54, 1.807) is 0 Å². The van der Waals surface area contributed by atoms with Gasteiger partial charge in [-0.1, -0.05) is 154 Å². The SMILES string of the molecule is c1ccc(CN(Cc2ccccc2P(c2ccccc2)c2ccccc2)P(C2CCCCC2)C2CCCCC2)cc1. The van der Waals surface area contributed by atoms with Gasteiger partial charge in [0.25, 0.3) is 0 Å². The lowest BCUT2D eigenvalue weighted by molar-refractivity contribution is 0.401. The van der Waals surface area contributed by atoms with E-state index in [2.05, 4.69) is 120 Å². The van der Waals surface area contributed by atoms with Gasteiger partial charge >= 0.3 is 0 Å². The van der Waals surface area contributed by atoms with Crippen LogP contribution in [0, 0.1) is 0 Å². The van der Waals surface area contributed by atoms with E-state index >= 15 is 0 Å². The molecule has 0 unspecified atom stereocenters. The van der Waals surface area contributed by atoms with Crippen LogP contribution in [0.25, 0.3) is 0 Å². The van der Waals surface area contributed by atoms with Crippen molar-refractivity contribution in [3.8, 4) is 0 Å². The van der Waals surface area contributed by atoms with Gasteiger partial charge in [-0.2, -0.15) is 0 Å². The Morgan fingerprint density at radius 2 is 0.951 bits per heavy atom. The van der Waals surface area contributed by atoms with Gasteiger partial charge in [0.05, 0.1) is 0 Å². The normalized spacial score (nSPS) is 17.0. The molecule has 6 rings (SSSR count). The van der Waals surface area contributed by atoms with Crippen molar-refractivity contribution in [2.24, 2.45) is 0 Å². The van der Waals surface area contributed by atoms with Crippen LogP contribution in [-0.2, 0) is 13.1 Å². The topological polar surface area (TPSA) is 3.24 Å². The molecule has 0 bridgehead atoms. The molecule has 2 fully saturated rings. The minimum atomic E-state index is -0.624. The molecule has 2 saturated carbocycles. The van der Waals surface area contributed by atoms with Crippen molar-refractivity contribution < 1.29 is 0 Å². The van der Waals surface area contributed by atoms with Crippen molar-refractivity contribution >= 4 is 31.9 Å². The van der Waals surface area contributed by atoms with Crippen molar-refractivity contribution in [2.45, 2.75) is 88.6 Å². The molecule has 2 aliphatic carbocycles. The van der Waals surface area contributed by atoms with E-state index < -0.39 is 7.92 Å². The Hall–Kier alpha value is -2.30. The van der Waals surface area contributed by atoms with Crippen LogP contribution >= 0.6 is 16.0 Å². The van der Waals surface area contributed by atoms with E-state index in [1.807, 2.05) is 0 Å². The van der Waals surface area contributed by atoms with Gasteiger partial charge in [-0.15, -0.1) is 0 Å². The average molecular weight is 578 g/mol. The molecular formula is C38H45NP2. The van der Waals surface area contributed by atoms with E-state index in [0.29, 0.717) is 0 Å². The lowest BCUT2D eigenvalue weighted by Gasteiger charge is -2.45. The van der Waals surface area contributed by atoms with Crippen LogP contribution < -0.4 is 15.9 Å². The van der Waals surface area contributed by atoms with Gasteiger partial charge in [-0.25, -0.2) is 0 Å². The molecule has 0 radical (unpaired) electrons. The largest absolute Gasteiger partial charge is 0.273 e. The van der Waals surface area contributed by atoms with E-state index in [-0.39, 0.29) is 8.07 Å². The summed E-state index contributed by atoms with van der Waals surface area (Å²) in [4.78, 5) is 0. The summed E-state index contributed by atoms with van der Waals surface area (Å²) in [5, 5.41) is 4.41. The van der Waals surface area contributed by atoms with Gasteiger partial charge in [0.2, 0.25) is 0 Å². The molecule has 0 heterocycles. The summed E-state index contributed by atoms with van der Waals surface area (Å²) in [6.07, 6.45) is 14.4. The minimum absolute atomic E-state index is 0.207. The molecule has 2 aliphatic rings. The highest BCUT2D eigenvalue weighted by molar-refractivity contribution is 7.79. The maximum absolute atomic E-state index is 3.01. The third kappa shape index (κ3) is 7.38. The summed E-state index contributed by atoms with van der Waals surface area (Å²) in [6.45, 7) is 2.13. The van der Waals surface area contributed by atoms with Crippen molar-refractivity contribution in [1.82, 2.24) is 4.67 Å². The number of hydrogen-bond acceptors (Lipinski definition) is 1. The first-order valence-electron chi connectivity index (χ1n) is 15.9. The fourth-order valence-corrected chi connectivity index (χ4v) is 13.5. The lowest BCUT2D eigenvalue weighted by atomic mass is 10.00. The van der Waals surface area contributed by atoms with Crippen LogP contribution in [0.5, 0.6) is 0 Å². The fraction of sp³-hybridized carbons (Fsp3) is 0.368. The summed E-state index contributed by atoms with van der Waals surface area (Å²) in [5.41, 5.74) is 4.78. The predicted molar refractivity (Wildman–Crippen MR) is 182 cm³/mol. The summed E-state index contributed by atoms with van der Waals surface area (Å²) >= 11 is 0. The van der Waals surface area contributed by atoms with Crippen LogP contribution in [0.15, 0.2) is 115 Å². The van der Waals surface area contributed by atoms with Gasteiger partial charge in [0, 0.05) is 13.1 Å². The minimum Gasteiger partial charge on any atom is -0.273 e. The first-order valence-corrected chi connectivity index (χ1v) is 18.7. The second-order valence-electron chi connectivity index (χ2n) is 11.9. The number of benzene rings is 4. The van der Waals surface area contributed by atoms with Gasteiger partial charge in [-0.05, 0) is 80.0 Å². The smallest absolute Gasteiger partial charge is 0.0283 e. The van der Waals surface area contributed by atoms with Crippen LogP contribution in [-0.4, -0.2) is 16.0 Å². The maximum Gasteiger partial charge on any atom is 0.0283 e. The molecular weight excluding hydrogens is 532 g/mol. The molecule has 0 saturated heterocycles. The molecule has 212 valence electrons. The van der Waals surface area contributed by atoms with E-state index in [0.717, 1.165) is 24.4 Å². The summed E-state index contributed by atoms with van der Waals surface area (Å²) in [5.74, 6) is 0. The fourth-order valence-electron chi connectivity index (χ4n) is 7.11.